The van der Waals surface area contributed by atoms with Gasteiger partial charge in [-0.1, -0.05) is 15.9 Å². The van der Waals surface area contributed by atoms with Gasteiger partial charge in [-0.3, -0.25) is 9.10 Å². The van der Waals surface area contributed by atoms with Crippen LogP contribution in [0.3, 0.4) is 0 Å². The molecule has 1 N–H and O–H groups in total. The first-order chi connectivity index (χ1) is 12.7. The maximum absolute atomic E-state index is 12.5. The van der Waals surface area contributed by atoms with Gasteiger partial charge in [-0.05, 0) is 42.8 Å². The second-order valence-electron chi connectivity index (χ2n) is 5.82. The summed E-state index contributed by atoms with van der Waals surface area (Å²) in [6.45, 7) is 1.47. The Labute approximate surface area is 167 Å². The van der Waals surface area contributed by atoms with E-state index in [-0.39, 0.29) is 6.54 Å². The molecule has 27 heavy (non-hydrogen) atoms. The molecule has 0 aliphatic rings. The zero-order chi connectivity index (χ0) is 20.2. The Balaban J connectivity index is 2.28. The summed E-state index contributed by atoms with van der Waals surface area (Å²) in [5, 5.41) is 2.68. The summed E-state index contributed by atoms with van der Waals surface area (Å²) in [6.07, 6.45) is 1.06. The van der Waals surface area contributed by atoms with Crippen LogP contribution in [0.5, 0.6) is 11.5 Å². The van der Waals surface area contributed by atoms with E-state index >= 15 is 0 Å². The zero-order valence-corrected chi connectivity index (χ0v) is 17.8. The second-order valence-corrected chi connectivity index (χ2v) is 8.58. The Hall–Kier alpha value is -2.26. The molecule has 1 amide bonds. The molecule has 0 fully saturated rings. The van der Waals surface area contributed by atoms with Crippen molar-refractivity contribution >= 4 is 43.2 Å². The number of nitrogens with zero attached hydrogens (tertiary/aromatic N) is 1. The third-order valence-corrected chi connectivity index (χ3v) is 5.83. The lowest BCUT2D eigenvalue weighted by atomic mass is 10.2. The number of benzene rings is 2. The van der Waals surface area contributed by atoms with Crippen LogP contribution >= 0.6 is 15.9 Å². The number of carbonyl (C=O) groups excluding carboxylic acids is 1. The van der Waals surface area contributed by atoms with E-state index in [1.807, 2.05) is 6.92 Å². The molecule has 0 bridgehead atoms. The van der Waals surface area contributed by atoms with Gasteiger partial charge < -0.3 is 14.8 Å². The summed E-state index contributed by atoms with van der Waals surface area (Å²) in [5.74, 6) is 0.469. The van der Waals surface area contributed by atoms with E-state index in [0.717, 1.165) is 20.6 Å². The number of nitrogens with one attached hydrogen (secondary N) is 1. The summed E-state index contributed by atoms with van der Waals surface area (Å²) < 4.78 is 36.7. The fraction of sp³-hybridized carbons (Fsp3) is 0.278. The molecule has 2 rings (SSSR count). The first-order valence-corrected chi connectivity index (χ1v) is 10.6. The molecule has 146 valence electrons. The van der Waals surface area contributed by atoms with Crippen molar-refractivity contribution in [2.24, 2.45) is 0 Å². The van der Waals surface area contributed by atoms with E-state index < -0.39 is 15.9 Å². The van der Waals surface area contributed by atoms with Crippen molar-refractivity contribution in [1.82, 2.24) is 0 Å². The standard InChI is InChI=1S/C18H21BrN2O5S/c1-12-9-13(5-7-15(12)19)21(27(4,23)24)11-18(22)20-16-10-14(25-2)6-8-17(16)26-3/h5-10H,11H2,1-4H3,(H,20,22). The van der Waals surface area contributed by atoms with Crippen molar-refractivity contribution in [3.63, 3.8) is 0 Å². The minimum absolute atomic E-state index is 0.375. The van der Waals surface area contributed by atoms with Crippen LogP contribution in [0.15, 0.2) is 40.9 Å². The molecule has 0 aliphatic carbocycles. The summed E-state index contributed by atoms with van der Waals surface area (Å²) in [5.41, 5.74) is 1.66. The zero-order valence-electron chi connectivity index (χ0n) is 15.4. The van der Waals surface area contributed by atoms with Gasteiger partial charge in [0.2, 0.25) is 15.9 Å². The number of amides is 1. The van der Waals surface area contributed by atoms with Crippen molar-refractivity contribution in [2.45, 2.75) is 6.92 Å². The van der Waals surface area contributed by atoms with Gasteiger partial charge in [0.1, 0.15) is 18.0 Å². The van der Waals surface area contributed by atoms with Crippen molar-refractivity contribution in [2.75, 3.05) is 36.6 Å². The quantitative estimate of drug-likeness (QED) is 0.691. The molecular weight excluding hydrogens is 436 g/mol. The monoisotopic (exact) mass is 456 g/mol. The molecule has 0 heterocycles. The number of rotatable bonds is 7. The first-order valence-electron chi connectivity index (χ1n) is 7.91. The van der Waals surface area contributed by atoms with E-state index in [1.165, 1.54) is 14.2 Å². The lowest BCUT2D eigenvalue weighted by molar-refractivity contribution is -0.114. The van der Waals surface area contributed by atoms with Gasteiger partial charge in [0.05, 0.1) is 31.9 Å². The maximum Gasteiger partial charge on any atom is 0.245 e. The van der Waals surface area contributed by atoms with Crippen molar-refractivity contribution in [3.05, 3.63) is 46.4 Å². The highest BCUT2D eigenvalue weighted by molar-refractivity contribution is 9.10. The van der Waals surface area contributed by atoms with Crippen LogP contribution < -0.4 is 19.1 Å². The molecular formula is C18H21BrN2O5S. The Morgan fingerprint density at radius 1 is 1.15 bits per heavy atom. The number of aryl methyl sites for hydroxylation is 1. The third-order valence-electron chi connectivity index (χ3n) is 3.80. The molecule has 2 aromatic carbocycles. The van der Waals surface area contributed by atoms with Gasteiger partial charge in [0.25, 0.3) is 0 Å². The molecule has 0 aliphatic heterocycles. The van der Waals surface area contributed by atoms with Crippen LogP contribution in [0.2, 0.25) is 0 Å². The molecule has 0 radical (unpaired) electrons. The van der Waals surface area contributed by atoms with Gasteiger partial charge in [-0.25, -0.2) is 8.42 Å². The van der Waals surface area contributed by atoms with Crippen LogP contribution in [0.4, 0.5) is 11.4 Å². The van der Waals surface area contributed by atoms with Gasteiger partial charge in [-0.15, -0.1) is 0 Å². The van der Waals surface area contributed by atoms with E-state index in [2.05, 4.69) is 21.2 Å². The van der Waals surface area contributed by atoms with Gasteiger partial charge >= 0.3 is 0 Å². The molecule has 9 heteroatoms. The van der Waals surface area contributed by atoms with Crippen LogP contribution in [0, 0.1) is 6.92 Å². The summed E-state index contributed by atoms with van der Waals surface area (Å²) in [6, 6.07) is 10.0. The molecule has 0 unspecified atom stereocenters. The lowest BCUT2D eigenvalue weighted by Gasteiger charge is -2.23. The van der Waals surface area contributed by atoms with Gasteiger partial charge in [-0.2, -0.15) is 0 Å². The number of methoxy groups -OCH3 is 2. The van der Waals surface area contributed by atoms with Gasteiger partial charge in [0, 0.05) is 10.5 Å². The van der Waals surface area contributed by atoms with Crippen LogP contribution in [-0.4, -0.2) is 41.3 Å². The summed E-state index contributed by atoms with van der Waals surface area (Å²) in [4.78, 5) is 12.5. The van der Waals surface area contributed by atoms with Crippen LogP contribution in [0.1, 0.15) is 5.56 Å². The molecule has 0 spiro atoms. The minimum Gasteiger partial charge on any atom is -0.497 e. The Bertz CT molecular complexity index is 947. The average Bonchev–Trinajstić information content (AvgIpc) is 2.61. The lowest BCUT2D eigenvalue weighted by Crippen LogP contribution is -2.37. The smallest absolute Gasteiger partial charge is 0.245 e. The van der Waals surface area contributed by atoms with E-state index in [9.17, 15) is 13.2 Å². The SMILES string of the molecule is COc1ccc(OC)c(NC(=O)CN(c2ccc(Br)c(C)c2)S(C)(=O)=O)c1. The third kappa shape index (κ3) is 5.36. The molecule has 0 aromatic heterocycles. The predicted molar refractivity (Wildman–Crippen MR) is 109 cm³/mol. The number of hydrogen-bond donors (Lipinski definition) is 1. The Kier molecular flexibility index (Phi) is 6.72. The minimum atomic E-state index is -3.66. The number of carbonyl (C=O) groups is 1. The number of sulfonamides is 1. The predicted octanol–water partition coefficient (Wildman–Crippen LogP) is 3.18. The normalized spacial score (nSPS) is 11.0. The summed E-state index contributed by atoms with van der Waals surface area (Å²) in [7, 11) is -0.677. The molecule has 7 nitrogen and oxygen atoms in total. The largest absolute Gasteiger partial charge is 0.497 e. The first kappa shape index (κ1) is 21.0. The van der Waals surface area contributed by atoms with E-state index in [1.54, 1.807) is 36.4 Å². The van der Waals surface area contributed by atoms with Crippen molar-refractivity contribution in [1.29, 1.82) is 0 Å². The fourth-order valence-electron chi connectivity index (χ4n) is 2.42. The number of halogens is 1. The molecule has 0 saturated heterocycles. The van der Waals surface area contributed by atoms with E-state index in [0.29, 0.717) is 22.9 Å². The number of hydrogen-bond acceptors (Lipinski definition) is 5. The average molecular weight is 457 g/mol. The highest BCUT2D eigenvalue weighted by Crippen LogP contribution is 2.29. The van der Waals surface area contributed by atoms with Crippen molar-refractivity contribution < 1.29 is 22.7 Å². The highest BCUT2D eigenvalue weighted by atomic mass is 79.9. The molecule has 0 atom stereocenters. The number of ether oxygens (including phenoxy) is 2. The van der Waals surface area contributed by atoms with Crippen LogP contribution in [0.25, 0.3) is 0 Å². The van der Waals surface area contributed by atoms with Crippen molar-refractivity contribution in [3.8, 4) is 11.5 Å². The van der Waals surface area contributed by atoms with Gasteiger partial charge in [0.15, 0.2) is 0 Å². The molecule has 2 aromatic rings. The van der Waals surface area contributed by atoms with Crippen LogP contribution in [-0.2, 0) is 14.8 Å². The maximum atomic E-state index is 12.5. The Morgan fingerprint density at radius 3 is 2.41 bits per heavy atom. The topological polar surface area (TPSA) is 84.9 Å². The highest BCUT2D eigenvalue weighted by Gasteiger charge is 2.22. The Morgan fingerprint density at radius 2 is 1.85 bits per heavy atom. The van der Waals surface area contributed by atoms with E-state index in [4.69, 9.17) is 9.47 Å². The fourth-order valence-corrected chi connectivity index (χ4v) is 3.51. The second kappa shape index (κ2) is 8.62. The molecule has 0 saturated carbocycles. The summed E-state index contributed by atoms with van der Waals surface area (Å²) >= 11 is 3.38. The number of anilines is 2.